The number of halogens is 1. The van der Waals surface area contributed by atoms with Gasteiger partial charge in [-0.3, -0.25) is 9.89 Å². The van der Waals surface area contributed by atoms with E-state index in [9.17, 15) is 8.42 Å². The van der Waals surface area contributed by atoms with Crippen molar-refractivity contribution in [3.05, 3.63) is 35.4 Å². The average molecular weight is 552 g/mol. The highest BCUT2D eigenvalue weighted by Crippen LogP contribution is 2.13. The minimum Gasteiger partial charge on any atom is -0.356 e. The molecule has 30 heavy (non-hydrogen) atoms. The first-order valence-electron chi connectivity index (χ1n) is 10.6. The lowest BCUT2D eigenvalue weighted by Crippen LogP contribution is -2.39. The summed E-state index contributed by atoms with van der Waals surface area (Å²) in [5.41, 5.74) is 2.58. The summed E-state index contributed by atoms with van der Waals surface area (Å²) in [6, 6.07) is 8.77. The zero-order chi connectivity index (χ0) is 21.1. The number of sulfonamides is 1. The summed E-state index contributed by atoms with van der Waals surface area (Å²) in [5, 5.41) is 6.56. The van der Waals surface area contributed by atoms with Gasteiger partial charge in [-0.1, -0.05) is 37.6 Å². The highest BCUT2D eigenvalue weighted by Gasteiger charge is 2.13. The Labute approximate surface area is 199 Å². The van der Waals surface area contributed by atoms with Crippen molar-refractivity contribution < 1.29 is 8.42 Å². The molecular formula is C21H38IN5O2S. The van der Waals surface area contributed by atoms with Crippen LogP contribution in [0, 0.1) is 0 Å². The molecule has 172 valence electrons. The Morgan fingerprint density at radius 2 is 1.73 bits per heavy atom. The summed E-state index contributed by atoms with van der Waals surface area (Å²) in [6.07, 6.45) is 5.98. The first-order valence-corrected chi connectivity index (χ1v) is 12.5. The van der Waals surface area contributed by atoms with Gasteiger partial charge in [-0.2, -0.15) is 0 Å². The Morgan fingerprint density at radius 3 is 2.30 bits per heavy atom. The van der Waals surface area contributed by atoms with E-state index in [0.29, 0.717) is 26.2 Å². The van der Waals surface area contributed by atoms with Crippen molar-refractivity contribution in [3.8, 4) is 0 Å². The number of piperidine rings is 1. The number of hydrogen-bond donors (Lipinski definition) is 2. The Kier molecular flexibility index (Phi) is 12.8. The van der Waals surface area contributed by atoms with E-state index < -0.39 is 10.0 Å². The van der Waals surface area contributed by atoms with Crippen LogP contribution in [-0.2, 0) is 23.1 Å². The Balaban J connectivity index is 0.00000450. The van der Waals surface area contributed by atoms with Gasteiger partial charge in [0.25, 0.3) is 0 Å². The van der Waals surface area contributed by atoms with Crippen LogP contribution in [0.15, 0.2) is 29.3 Å². The van der Waals surface area contributed by atoms with Crippen molar-refractivity contribution in [1.29, 1.82) is 0 Å². The Hall–Kier alpha value is -0.910. The van der Waals surface area contributed by atoms with Gasteiger partial charge in [0.05, 0.1) is 6.26 Å². The molecule has 1 saturated heterocycles. The van der Waals surface area contributed by atoms with Crippen LogP contribution < -0.4 is 10.6 Å². The zero-order valence-electron chi connectivity index (χ0n) is 18.6. The maximum absolute atomic E-state index is 11.6. The quantitative estimate of drug-likeness (QED) is 0.203. The van der Waals surface area contributed by atoms with Crippen LogP contribution in [0.3, 0.4) is 0 Å². The largest absolute Gasteiger partial charge is 0.356 e. The molecule has 0 radical (unpaired) electrons. The number of aliphatic imine (C=N–C) groups is 1. The number of likely N-dealkylation sites (tertiary alicyclic amines) is 1. The second-order valence-corrected chi connectivity index (χ2v) is 9.60. The zero-order valence-corrected chi connectivity index (χ0v) is 21.7. The maximum Gasteiger partial charge on any atom is 0.211 e. The lowest BCUT2D eigenvalue weighted by molar-refractivity contribution is 0.221. The van der Waals surface area contributed by atoms with Crippen molar-refractivity contribution in [2.75, 3.05) is 46.0 Å². The molecule has 1 aromatic carbocycles. The molecule has 2 rings (SSSR count). The van der Waals surface area contributed by atoms with Crippen molar-refractivity contribution in [2.45, 2.75) is 45.7 Å². The third-order valence-corrected chi connectivity index (χ3v) is 6.64. The van der Waals surface area contributed by atoms with Crippen LogP contribution in [-0.4, -0.2) is 69.6 Å². The van der Waals surface area contributed by atoms with E-state index in [2.05, 4.69) is 44.8 Å². The monoisotopic (exact) mass is 551 g/mol. The number of rotatable bonds is 10. The number of benzene rings is 1. The average Bonchev–Trinajstić information content (AvgIpc) is 2.71. The minimum absolute atomic E-state index is 0. The smallest absolute Gasteiger partial charge is 0.211 e. The number of hydrogen-bond acceptors (Lipinski definition) is 4. The Bertz CT molecular complexity index is 734. The summed E-state index contributed by atoms with van der Waals surface area (Å²) in [6.45, 7) is 7.70. The predicted octanol–water partition coefficient (Wildman–Crippen LogP) is 2.63. The molecule has 0 spiro atoms. The first-order chi connectivity index (χ1) is 13.9. The molecule has 0 amide bonds. The molecule has 0 saturated carbocycles. The molecule has 0 unspecified atom stereocenters. The minimum atomic E-state index is -3.12. The van der Waals surface area contributed by atoms with Gasteiger partial charge in [0.1, 0.15) is 0 Å². The molecule has 0 atom stereocenters. The van der Waals surface area contributed by atoms with Gasteiger partial charge in [-0.05, 0) is 43.5 Å². The highest BCUT2D eigenvalue weighted by molar-refractivity contribution is 14.0. The third kappa shape index (κ3) is 9.93. The summed E-state index contributed by atoms with van der Waals surface area (Å²) in [7, 11) is -1.38. The van der Waals surface area contributed by atoms with E-state index >= 15 is 0 Å². The van der Waals surface area contributed by atoms with E-state index in [1.165, 1.54) is 54.0 Å². The first kappa shape index (κ1) is 27.1. The molecule has 1 fully saturated rings. The summed E-state index contributed by atoms with van der Waals surface area (Å²) < 4.78 is 24.7. The summed E-state index contributed by atoms with van der Waals surface area (Å²) >= 11 is 0. The second-order valence-electron chi connectivity index (χ2n) is 7.61. The lowest BCUT2D eigenvalue weighted by atomic mass is 10.1. The molecule has 9 heteroatoms. The molecule has 7 nitrogen and oxygen atoms in total. The van der Waals surface area contributed by atoms with Gasteiger partial charge < -0.3 is 10.6 Å². The lowest BCUT2D eigenvalue weighted by Gasteiger charge is -2.26. The molecule has 0 bridgehead atoms. The van der Waals surface area contributed by atoms with Gasteiger partial charge in [-0.25, -0.2) is 12.7 Å². The third-order valence-electron chi connectivity index (χ3n) is 5.26. The maximum atomic E-state index is 11.6. The molecule has 0 aliphatic carbocycles. The SMILES string of the molecule is CCN(CCCNC(=NC)NCc1ccc(CN2CCCCC2)cc1)S(C)(=O)=O.I. The summed E-state index contributed by atoms with van der Waals surface area (Å²) in [5.74, 6) is 0.727. The number of guanidine groups is 1. The molecule has 2 N–H and O–H groups in total. The topological polar surface area (TPSA) is 77.0 Å². The van der Waals surface area contributed by atoms with Crippen LogP contribution >= 0.6 is 24.0 Å². The molecule has 1 aliphatic rings. The van der Waals surface area contributed by atoms with Gasteiger partial charge in [0.15, 0.2) is 5.96 Å². The normalized spacial score (nSPS) is 15.7. The molecule has 1 heterocycles. The van der Waals surface area contributed by atoms with Crippen molar-refractivity contribution in [3.63, 3.8) is 0 Å². The van der Waals surface area contributed by atoms with Crippen molar-refractivity contribution >= 4 is 40.0 Å². The fraction of sp³-hybridized carbons (Fsp3) is 0.667. The molecule has 0 aromatic heterocycles. The standard InChI is InChI=1S/C21H37N5O2S.HI/c1-4-26(29(3,27)28)16-8-13-23-21(22-2)24-17-19-9-11-20(12-10-19)18-25-14-6-5-7-15-25;/h9-12H,4-8,13-18H2,1-3H3,(H2,22,23,24);1H. The van der Waals surface area contributed by atoms with E-state index in [4.69, 9.17) is 0 Å². The fourth-order valence-electron chi connectivity index (χ4n) is 3.57. The van der Waals surface area contributed by atoms with Crippen LogP contribution in [0.5, 0.6) is 0 Å². The van der Waals surface area contributed by atoms with Crippen molar-refractivity contribution in [1.82, 2.24) is 19.8 Å². The van der Waals surface area contributed by atoms with E-state index in [0.717, 1.165) is 18.9 Å². The highest BCUT2D eigenvalue weighted by atomic mass is 127. The number of nitrogens with one attached hydrogen (secondary N) is 2. The van der Waals surface area contributed by atoms with Crippen LogP contribution in [0.4, 0.5) is 0 Å². The van der Waals surface area contributed by atoms with Gasteiger partial charge in [-0.15, -0.1) is 24.0 Å². The van der Waals surface area contributed by atoms with Crippen LogP contribution in [0.2, 0.25) is 0 Å². The van der Waals surface area contributed by atoms with E-state index in [1.807, 2.05) is 6.92 Å². The fourth-order valence-corrected chi connectivity index (χ4v) is 4.50. The van der Waals surface area contributed by atoms with Gasteiger partial charge >= 0.3 is 0 Å². The predicted molar refractivity (Wildman–Crippen MR) is 136 cm³/mol. The second kappa shape index (κ2) is 14.2. The summed E-state index contributed by atoms with van der Waals surface area (Å²) in [4.78, 5) is 6.77. The van der Waals surface area contributed by atoms with Crippen molar-refractivity contribution in [2.24, 2.45) is 4.99 Å². The number of nitrogens with zero attached hydrogens (tertiary/aromatic N) is 3. The molecule has 1 aromatic rings. The van der Waals surface area contributed by atoms with Gasteiger partial charge in [0.2, 0.25) is 10.0 Å². The van der Waals surface area contributed by atoms with Crippen LogP contribution in [0.1, 0.15) is 43.7 Å². The molecule has 1 aliphatic heterocycles. The van der Waals surface area contributed by atoms with E-state index in [1.54, 1.807) is 7.05 Å². The molecular weight excluding hydrogens is 513 g/mol. The van der Waals surface area contributed by atoms with Crippen LogP contribution in [0.25, 0.3) is 0 Å². The van der Waals surface area contributed by atoms with E-state index in [-0.39, 0.29) is 24.0 Å². The Morgan fingerprint density at radius 1 is 1.10 bits per heavy atom. The van der Waals surface area contributed by atoms with Gasteiger partial charge in [0, 0.05) is 39.8 Å².